The van der Waals surface area contributed by atoms with Gasteiger partial charge in [-0.2, -0.15) is 5.26 Å². The molecular formula is C17H12BrN5. The highest BCUT2D eigenvalue weighted by molar-refractivity contribution is 9.10. The summed E-state index contributed by atoms with van der Waals surface area (Å²) < 4.78 is 0.959. The summed E-state index contributed by atoms with van der Waals surface area (Å²) in [7, 11) is 0. The lowest BCUT2D eigenvalue weighted by Crippen LogP contribution is -1.98. The Labute approximate surface area is 142 Å². The number of hydrogen-bond acceptors (Lipinski definition) is 5. The van der Waals surface area contributed by atoms with Gasteiger partial charge in [0.15, 0.2) is 0 Å². The minimum atomic E-state index is 0.620. The van der Waals surface area contributed by atoms with Crippen molar-refractivity contribution in [2.24, 2.45) is 0 Å². The second-order valence-electron chi connectivity index (χ2n) is 4.71. The van der Waals surface area contributed by atoms with Gasteiger partial charge >= 0.3 is 0 Å². The number of nitrogens with zero attached hydrogens (tertiary/aromatic N) is 3. The molecule has 0 radical (unpaired) electrons. The van der Waals surface area contributed by atoms with Crippen molar-refractivity contribution in [3.63, 3.8) is 0 Å². The normalized spacial score (nSPS) is 9.91. The van der Waals surface area contributed by atoms with E-state index < -0.39 is 0 Å². The molecule has 0 spiro atoms. The van der Waals surface area contributed by atoms with E-state index in [1.807, 2.05) is 42.5 Å². The zero-order chi connectivity index (χ0) is 16.1. The SMILES string of the molecule is N#Cc1ccc(Nc2cc(Nc3ccccc3Br)ncn2)cc1. The van der Waals surface area contributed by atoms with Crippen molar-refractivity contribution in [3.05, 3.63) is 71.0 Å². The van der Waals surface area contributed by atoms with Crippen molar-refractivity contribution in [2.45, 2.75) is 0 Å². The van der Waals surface area contributed by atoms with E-state index in [4.69, 9.17) is 5.26 Å². The standard InChI is InChI=1S/C17H12BrN5/c18-14-3-1-2-4-15(14)23-17-9-16(20-11-21-17)22-13-7-5-12(10-19)6-8-13/h1-9,11H,(H2,20,21,22,23). The van der Waals surface area contributed by atoms with Crippen molar-refractivity contribution in [1.82, 2.24) is 9.97 Å². The summed E-state index contributed by atoms with van der Waals surface area (Å²) in [5.41, 5.74) is 2.40. The van der Waals surface area contributed by atoms with Crippen LogP contribution in [0.4, 0.5) is 23.0 Å². The molecule has 2 N–H and O–H groups in total. The van der Waals surface area contributed by atoms with Crippen molar-refractivity contribution in [2.75, 3.05) is 10.6 Å². The molecule has 0 aliphatic carbocycles. The van der Waals surface area contributed by atoms with Crippen LogP contribution in [-0.2, 0) is 0 Å². The van der Waals surface area contributed by atoms with E-state index in [1.165, 1.54) is 6.33 Å². The zero-order valence-electron chi connectivity index (χ0n) is 12.0. The number of halogens is 1. The molecule has 0 aliphatic heterocycles. The molecule has 0 amide bonds. The first-order valence-electron chi connectivity index (χ1n) is 6.85. The fourth-order valence-corrected chi connectivity index (χ4v) is 2.35. The average Bonchev–Trinajstić information content (AvgIpc) is 2.58. The Morgan fingerprint density at radius 1 is 0.913 bits per heavy atom. The first kappa shape index (κ1) is 15.0. The first-order chi connectivity index (χ1) is 11.2. The van der Waals surface area contributed by atoms with E-state index in [2.05, 4.69) is 42.6 Å². The third kappa shape index (κ3) is 3.84. The third-order valence-corrected chi connectivity index (χ3v) is 3.78. The van der Waals surface area contributed by atoms with Crippen LogP contribution in [0.5, 0.6) is 0 Å². The number of benzene rings is 2. The molecule has 1 heterocycles. The molecule has 5 nitrogen and oxygen atoms in total. The molecule has 1 aromatic heterocycles. The Balaban J connectivity index is 1.77. The molecule has 112 valence electrons. The van der Waals surface area contributed by atoms with Gasteiger partial charge in [0.25, 0.3) is 0 Å². The van der Waals surface area contributed by atoms with Gasteiger partial charge in [-0.1, -0.05) is 12.1 Å². The second-order valence-corrected chi connectivity index (χ2v) is 5.56. The van der Waals surface area contributed by atoms with E-state index in [-0.39, 0.29) is 0 Å². The molecule has 0 aliphatic rings. The number of anilines is 4. The summed E-state index contributed by atoms with van der Waals surface area (Å²) in [5.74, 6) is 1.35. The van der Waals surface area contributed by atoms with Crippen LogP contribution in [0.3, 0.4) is 0 Å². The molecule has 0 saturated carbocycles. The Morgan fingerprint density at radius 2 is 1.61 bits per heavy atom. The lowest BCUT2D eigenvalue weighted by molar-refractivity contribution is 1.17. The first-order valence-corrected chi connectivity index (χ1v) is 7.65. The molecule has 3 rings (SSSR count). The van der Waals surface area contributed by atoms with Crippen LogP contribution >= 0.6 is 15.9 Å². The largest absolute Gasteiger partial charge is 0.340 e. The molecule has 0 bridgehead atoms. The van der Waals surface area contributed by atoms with Gasteiger partial charge in [-0.05, 0) is 52.3 Å². The van der Waals surface area contributed by atoms with Crippen molar-refractivity contribution in [1.29, 1.82) is 5.26 Å². The van der Waals surface area contributed by atoms with Crippen molar-refractivity contribution >= 4 is 38.9 Å². The summed E-state index contributed by atoms with van der Waals surface area (Å²) in [4.78, 5) is 8.42. The lowest BCUT2D eigenvalue weighted by atomic mass is 10.2. The maximum atomic E-state index is 8.81. The fraction of sp³-hybridized carbons (Fsp3) is 0. The van der Waals surface area contributed by atoms with Crippen LogP contribution in [0, 0.1) is 11.3 Å². The highest BCUT2D eigenvalue weighted by Crippen LogP contribution is 2.25. The van der Waals surface area contributed by atoms with E-state index in [1.54, 1.807) is 12.1 Å². The Hall–Kier alpha value is -2.91. The van der Waals surface area contributed by atoms with E-state index in [0.717, 1.165) is 15.8 Å². The third-order valence-electron chi connectivity index (χ3n) is 3.09. The Kier molecular flexibility index (Phi) is 4.50. The quantitative estimate of drug-likeness (QED) is 0.706. The van der Waals surface area contributed by atoms with Crippen LogP contribution in [0.2, 0.25) is 0 Å². The molecule has 2 aromatic carbocycles. The van der Waals surface area contributed by atoms with Gasteiger partial charge in [0.1, 0.15) is 18.0 Å². The monoisotopic (exact) mass is 365 g/mol. The number of nitrogens with one attached hydrogen (secondary N) is 2. The smallest absolute Gasteiger partial charge is 0.135 e. The van der Waals surface area contributed by atoms with Crippen molar-refractivity contribution in [3.8, 4) is 6.07 Å². The van der Waals surface area contributed by atoms with Crippen LogP contribution in [0.15, 0.2) is 65.4 Å². The topological polar surface area (TPSA) is 73.6 Å². The summed E-state index contributed by atoms with van der Waals surface area (Å²) in [6, 6.07) is 18.9. The maximum Gasteiger partial charge on any atom is 0.135 e. The summed E-state index contributed by atoms with van der Waals surface area (Å²) in [5, 5.41) is 15.2. The number of aromatic nitrogens is 2. The molecular weight excluding hydrogens is 354 g/mol. The summed E-state index contributed by atoms with van der Waals surface area (Å²) in [6.45, 7) is 0. The van der Waals surface area contributed by atoms with Gasteiger partial charge in [-0.15, -0.1) is 0 Å². The number of rotatable bonds is 4. The fourth-order valence-electron chi connectivity index (χ4n) is 1.97. The highest BCUT2D eigenvalue weighted by atomic mass is 79.9. The lowest BCUT2D eigenvalue weighted by Gasteiger charge is -2.09. The predicted molar refractivity (Wildman–Crippen MR) is 93.9 cm³/mol. The Bertz CT molecular complexity index is 855. The predicted octanol–water partition coefficient (Wildman–Crippen LogP) is 4.60. The van der Waals surface area contributed by atoms with Gasteiger partial charge in [-0.25, -0.2) is 9.97 Å². The van der Waals surface area contributed by atoms with Gasteiger partial charge in [0.05, 0.1) is 17.3 Å². The summed E-state index contributed by atoms with van der Waals surface area (Å²) in [6.07, 6.45) is 1.49. The maximum absolute atomic E-state index is 8.81. The molecule has 0 unspecified atom stereocenters. The Morgan fingerprint density at radius 3 is 2.30 bits per heavy atom. The van der Waals surface area contributed by atoms with Gasteiger partial charge in [-0.3, -0.25) is 0 Å². The molecule has 3 aromatic rings. The molecule has 0 atom stereocenters. The van der Waals surface area contributed by atoms with Crippen LogP contribution < -0.4 is 10.6 Å². The summed E-state index contributed by atoms with van der Waals surface area (Å²) >= 11 is 3.49. The number of nitriles is 1. The van der Waals surface area contributed by atoms with E-state index in [9.17, 15) is 0 Å². The second kappa shape index (κ2) is 6.90. The highest BCUT2D eigenvalue weighted by Gasteiger charge is 2.03. The van der Waals surface area contributed by atoms with E-state index in [0.29, 0.717) is 17.2 Å². The van der Waals surface area contributed by atoms with Gasteiger partial charge < -0.3 is 10.6 Å². The van der Waals surface area contributed by atoms with E-state index >= 15 is 0 Å². The van der Waals surface area contributed by atoms with Crippen LogP contribution in [-0.4, -0.2) is 9.97 Å². The average molecular weight is 366 g/mol. The van der Waals surface area contributed by atoms with Gasteiger partial charge in [0, 0.05) is 16.2 Å². The van der Waals surface area contributed by atoms with Crippen molar-refractivity contribution < 1.29 is 0 Å². The number of para-hydroxylation sites is 1. The molecule has 6 heteroatoms. The minimum Gasteiger partial charge on any atom is -0.340 e. The molecule has 0 fully saturated rings. The van der Waals surface area contributed by atoms with Gasteiger partial charge in [0.2, 0.25) is 0 Å². The minimum absolute atomic E-state index is 0.620. The van der Waals surface area contributed by atoms with Crippen LogP contribution in [0.25, 0.3) is 0 Å². The molecule has 0 saturated heterocycles. The molecule has 23 heavy (non-hydrogen) atoms. The van der Waals surface area contributed by atoms with Crippen LogP contribution in [0.1, 0.15) is 5.56 Å². The zero-order valence-corrected chi connectivity index (χ0v) is 13.6. The number of hydrogen-bond donors (Lipinski definition) is 2.